The number of thiazole rings is 1. The van der Waals surface area contributed by atoms with Crippen molar-refractivity contribution in [2.45, 2.75) is 44.4 Å². The Hall–Kier alpha value is -3.44. The molecule has 168 valence electrons. The van der Waals surface area contributed by atoms with Crippen molar-refractivity contribution in [1.29, 1.82) is 0 Å². The lowest BCUT2D eigenvalue weighted by atomic mass is 9.93. The second-order valence-corrected chi connectivity index (χ2v) is 9.52. The maximum atomic E-state index is 10.3. The van der Waals surface area contributed by atoms with Gasteiger partial charge in [0.05, 0.1) is 35.2 Å². The number of anilines is 1. The van der Waals surface area contributed by atoms with Gasteiger partial charge in [0.15, 0.2) is 16.6 Å². The van der Waals surface area contributed by atoms with Crippen molar-refractivity contribution in [3.63, 3.8) is 0 Å². The van der Waals surface area contributed by atoms with E-state index in [9.17, 15) is 5.11 Å². The van der Waals surface area contributed by atoms with Gasteiger partial charge in [-0.05, 0) is 47.0 Å². The summed E-state index contributed by atoms with van der Waals surface area (Å²) in [5.74, 6) is 0.653. The Labute approximate surface area is 193 Å². The van der Waals surface area contributed by atoms with Crippen LogP contribution in [0.1, 0.15) is 31.2 Å². The van der Waals surface area contributed by atoms with E-state index in [1.54, 1.807) is 29.3 Å². The highest BCUT2D eigenvalue weighted by molar-refractivity contribution is 7.22. The molecular weight excluding hydrogens is 438 g/mol. The fourth-order valence-corrected chi connectivity index (χ4v) is 5.42. The minimum absolute atomic E-state index is 0.0874. The van der Waals surface area contributed by atoms with Crippen LogP contribution in [-0.4, -0.2) is 57.0 Å². The van der Waals surface area contributed by atoms with Crippen LogP contribution in [-0.2, 0) is 13.6 Å². The number of aliphatic hydroxyl groups is 1. The summed E-state index contributed by atoms with van der Waals surface area (Å²) in [5.41, 5.74) is 4.55. The molecule has 0 saturated heterocycles. The zero-order valence-electron chi connectivity index (χ0n) is 18.1. The zero-order chi connectivity index (χ0) is 22.4. The second-order valence-electron chi connectivity index (χ2n) is 8.49. The van der Waals surface area contributed by atoms with Crippen molar-refractivity contribution in [2.75, 3.05) is 5.32 Å². The molecule has 0 amide bonds. The number of pyridine rings is 1. The summed E-state index contributed by atoms with van der Waals surface area (Å²) < 4.78 is 4.77. The molecule has 2 unspecified atom stereocenters. The summed E-state index contributed by atoms with van der Waals surface area (Å²) in [5, 5.41) is 26.2. The molecule has 4 aromatic heterocycles. The lowest BCUT2D eigenvalue weighted by Crippen LogP contribution is -2.36. The number of rotatable bonds is 5. The minimum atomic E-state index is -0.297. The first-order valence-corrected chi connectivity index (χ1v) is 11.8. The third-order valence-corrected chi connectivity index (χ3v) is 7.13. The standard InChI is InChI=1S/C22H23N9OS/c1-30-20(27-28-29-30)14-9-17-21(23-10-14)31(12-24-17)11-13-6-7-16-19(8-13)33-22(26-16)25-15-4-2-3-5-18(15)32/h6-10,12,15,18,32H,2-5,11H2,1H3,(H,25,26). The van der Waals surface area contributed by atoms with Crippen LogP contribution in [0.4, 0.5) is 5.13 Å². The summed E-state index contributed by atoms with van der Waals surface area (Å²) in [6.45, 7) is 0.659. The highest BCUT2D eigenvalue weighted by atomic mass is 32.1. The molecule has 2 atom stereocenters. The number of nitrogens with zero attached hydrogens (tertiary/aromatic N) is 8. The van der Waals surface area contributed by atoms with E-state index in [2.05, 4.69) is 49.0 Å². The van der Waals surface area contributed by atoms with E-state index in [4.69, 9.17) is 4.98 Å². The number of aliphatic hydroxyl groups excluding tert-OH is 1. The maximum absolute atomic E-state index is 10.3. The number of hydrogen-bond acceptors (Lipinski definition) is 9. The van der Waals surface area contributed by atoms with Crippen molar-refractivity contribution >= 4 is 37.8 Å². The molecule has 4 heterocycles. The normalized spacial score (nSPS) is 18.8. The molecule has 1 fully saturated rings. The molecule has 11 heteroatoms. The number of benzene rings is 1. The van der Waals surface area contributed by atoms with Gasteiger partial charge >= 0.3 is 0 Å². The topological polar surface area (TPSA) is 119 Å². The van der Waals surface area contributed by atoms with E-state index in [0.717, 1.165) is 63.3 Å². The Balaban J connectivity index is 1.24. The quantitative estimate of drug-likeness (QED) is 0.410. The number of imidazole rings is 1. The van der Waals surface area contributed by atoms with Gasteiger partial charge in [0.1, 0.15) is 5.52 Å². The van der Waals surface area contributed by atoms with Crippen LogP contribution in [0.5, 0.6) is 0 Å². The summed E-state index contributed by atoms with van der Waals surface area (Å²) >= 11 is 1.63. The van der Waals surface area contributed by atoms with E-state index < -0.39 is 0 Å². The van der Waals surface area contributed by atoms with Gasteiger partial charge in [-0.15, -0.1) is 5.10 Å². The van der Waals surface area contributed by atoms with E-state index in [1.807, 2.05) is 17.0 Å². The van der Waals surface area contributed by atoms with Crippen LogP contribution in [0, 0.1) is 0 Å². The Morgan fingerprint density at radius 2 is 2.06 bits per heavy atom. The molecule has 0 bridgehead atoms. The molecule has 33 heavy (non-hydrogen) atoms. The molecule has 1 aromatic carbocycles. The van der Waals surface area contributed by atoms with E-state index >= 15 is 0 Å². The predicted octanol–water partition coefficient (Wildman–Crippen LogP) is 3.00. The molecule has 6 rings (SSSR count). The van der Waals surface area contributed by atoms with Gasteiger partial charge in [0.25, 0.3) is 0 Å². The highest BCUT2D eigenvalue weighted by Crippen LogP contribution is 2.30. The van der Waals surface area contributed by atoms with Crippen molar-refractivity contribution in [2.24, 2.45) is 7.05 Å². The van der Waals surface area contributed by atoms with Crippen molar-refractivity contribution in [1.82, 2.24) is 39.7 Å². The Kier molecular flexibility index (Phi) is 4.99. The SMILES string of the molecule is Cn1nnnc1-c1cnc2c(c1)ncn2Cc1ccc2nc(NC3CCCCC3O)sc2c1. The average molecular weight is 462 g/mol. The van der Waals surface area contributed by atoms with Gasteiger partial charge in [-0.2, -0.15) is 0 Å². The molecule has 1 saturated carbocycles. The molecule has 0 aliphatic heterocycles. The maximum Gasteiger partial charge on any atom is 0.184 e. The first-order chi connectivity index (χ1) is 16.1. The molecule has 1 aliphatic carbocycles. The molecule has 1 aliphatic rings. The van der Waals surface area contributed by atoms with Gasteiger partial charge in [-0.3, -0.25) is 0 Å². The molecule has 10 nitrogen and oxygen atoms in total. The van der Waals surface area contributed by atoms with E-state index in [1.165, 1.54) is 0 Å². The van der Waals surface area contributed by atoms with Gasteiger partial charge < -0.3 is 15.0 Å². The van der Waals surface area contributed by atoms with Gasteiger partial charge in [0.2, 0.25) is 0 Å². The number of aryl methyl sites for hydroxylation is 1. The number of tetrazole rings is 1. The smallest absolute Gasteiger partial charge is 0.184 e. The highest BCUT2D eigenvalue weighted by Gasteiger charge is 2.23. The number of hydrogen-bond donors (Lipinski definition) is 2. The molecule has 0 radical (unpaired) electrons. The van der Waals surface area contributed by atoms with Crippen LogP contribution in [0.3, 0.4) is 0 Å². The Morgan fingerprint density at radius 3 is 2.91 bits per heavy atom. The fourth-order valence-electron chi connectivity index (χ4n) is 4.42. The number of aromatic nitrogens is 8. The van der Waals surface area contributed by atoms with Crippen LogP contribution in [0.25, 0.3) is 32.8 Å². The predicted molar refractivity (Wildman–Crippen MR) is 126 cm³/mol. The lowest BCUT2D eigenvalue weighted by molar-refractivity contribution is 0.116. The molecule has 0 spiro atoms. The first kappa shape index (κ1) is 20.2. The van der Waals surface area contributed by atoms with Gasteiger partial charge in [-0.1, -0.05) is 30.2 Å². The van der Waals surface area contributed by atoms with Crippen LogP contribution in [0.15, 0.2) is 36.8 Å². The number of nitrogens with one attached hydrogen (secondary N) is 1. The first-order valence-electron chi connectivity index (χ1n) is 11.0. The monoisotopic (exact) mass is 461 g/mol. The second kappa shape index (κ2) is 8.16. The average Bonchev–Trinajstić information content (AvgIpc) is 3.53. The van der Waals surface area contributed by atoms with Crippen LogP contribution < -0.4 is 5.32 Å². The van der Waals surface area contributed by atoms with E-state index in [0.29, 0.717) is 12.4 Å². The Bertz CT molecular complexity index is 1440. The fraction of sp³-hybridized carbons (Fsp3) is 0.364. The van der Waals surface area contributed by atoms with Crippen LogP contribution in [0.2, 0.25) is 0 Å². The minimum Gasteiger partial charge on any atom is -0.391 e. The summed E-state index contributed by atoms with van der Waals surface area (Å²) in [4.78, 5) is 13.9. The Morgan fingerprint density at radius 1 is 1.15 bits per heavy atom. The van der Waals surface area contributed by atoms with Gasteiger partial charge in [-0.25, -0.2) is 19.6 Å². The van der Waals surface area contributed by atoms with E-state index in [-0.39, 0.29) is 12.1 Å². The molecule has 2 N–H and O–H groups in total. The third kappa shape index (κ3) is 3.83. The third-order valence-electron chi connectivity index (χ3n) is 6.18. The largest absolute Gasteiger partial charge is 0.391 e. The summed E-state index contributed by atoms with van der Waals surface area (Å²) in [6.07, 6.45) is 7.37. The lowest BCUT2D eigenvalue weighted by Gasteiger charge is -2.27. The van der Waals surface area contributed by atoms with Crippen molar-refractivity contribution in [3.8, 4) is 11.4 Å². The summed E-state index contributed by atoms with van der Waals surface area (Å²) in [7, 11) is 1.80. The molecular formula is C22H23N9OS. The van der Waals surface area contributed by atoms with Crippen molar-refractivity contribution < 1.29 is 5.11 Å². The zero-order valence-corrected chi connectivity index (χ0v) is 18.9. The summed E-state index contributed by atoms with van der Waals surface area (Å²) in [6, 6.07) is 8.35. The number of fused-ring (bicyclic) bond motifs is 2. The van der Waals surface area contributed by atoms with Crippen molar-refractivity contribution in [3.05, 3.63) is 42.4 Å². The van der Waals surface area contributed by atoms with Crippen LogP contribution >= 0.6 is 11.3 Å². The molecule has 5 aromatic rings. The van der Waals surface area contributed by atoms with Gasteiger partial charge in [0, 0.05) is 18.8 Å².